The number of anilines is 1. The Labute approximate surface area is 106 Å². The number of thiazole rings is 1. The summed E-state index contributed by atoms with van der Waals surface area (Å²) >= 11 is 1.68. The molecule has 0 aliphatic rings. The minimum absolute atomic E-state index is 0.414. The van der Waals surface area contributed by atoms with Gasteiger partial charge in [-0.05, 0) is 27.7 Å². The second-order valence-corrected chi connectivity index (χ2v) is 5.39. The summed E-state index contributed by atoms with van der Waals surface area (Å²) in [5.74, 6) is 0.922. The standard InChI is InChI=1S/C12H18N4S/c1-8(2)16-6-9(3)15-12(16)13-5-11-14-10(4)7-17-11/h6-8H,5H2,1-4H3,(H,13,15). The van der Waals surface area contributed by atoms with E-state index in [9.17, 15) is 0 Å². The van der Waals surface area contributed by atoms with E-state index in [1.165, 1.54) is 0 Å². The number of imidazole rings is 1. The molecule has 4 nitrogen and oxygen atoms in total. The van der Waals surface area contributed by atoms with Gasteiger partial charge >= 0.3 is 0 Å². The highest BCUT2D eigenvalue weighted by Crippen LogP contribution is 2.17. The fourth-order valence-corrected chi connectivity index (χ4v) is 2.39. The summed E-state index contributed by atoms with van der Waals surface area (Å²) < 4.78 is 2.15. The lowest BCUT2D eigenvalue weighted by atomic mass is 10.4. The van der Waals surface area contributed by atoms with Crippen molar-refractivity contribution in [3.63, 3.8) is 0 Å². The van der Waals surface area contributed by atoms with Gasteiger partial charge in [0, 0.05) is 23.3 Å². The maximum atomic E-state index is 4.48. The minimum Gasteiger partial charge on any atom is -0.349 e. The molecular formula is C12H18N4S. The minimum atomic E-state index is 0.414. The first-order valence-corrected chi connectivity index (χ1v) is 6.64. The third-order valence-electron chi connectivity index (χ3n) is 2.47. The van der Waals surface area contributed by atoms with Crippen LogP contribution in [-0.4, -0.2) is 14.5 Å². The normalized spacial score (nSPS) is 11.1. The smallest absolute Gasteiger partial charge is 0.203 e. The van der Waals surface area contributed by atoms with Crippen LogP contribution in [-0.2, 0) is 6.54 Å². The number of aryl methyl sites for hydroxylation is 2. The molecule has 0 atom stereocenters. The quantitative estimate of drug-likeness (QED) is 0.906. The number of nitrogens with zero attached hydrogens (tertiary/aromatic N) is 3. The monoisotopic (exact) mass is 250 g/mol. The van der Waals surface area contributed by atoms with Gasteiger partial charge < -0.3 is 9.88 Å². The van der Waals surface area contributed by atoms with Gasteiger partial charge in [-0.15, -0.1) is 11.3 Å². The van der Waals surface area contributed by atoms with Gasteiger partial charge in [-0.2, -0.15) is 0 Å². The fraction of sp³-hybridized carbons (Fsp3) is 0.500. The summed E-state index contributed by atoms with van der Waals surface area (Å²) in [6, 6.07) is 0.414. The molecule has 0 radical (unpaired) electrons. The van der Waals surface area contributed by atoms with Crippen LogP contribution in [0.4, 0.5) is 5.95 Å². The molecule has 0 aromatic carbocycles. The summed E-state index contributed by atoms with van der Waals surface area (Å²) in [5, 5.41) is 6.51. The lowest BCUT2D eigenvalue weighted by Gasteiger charge is -2.11. The zero-order chi connectivity index (χ0) is 12.4. The molecule has 0 aliphatic heterocycles. The molecule has 1 N–H and O–H groups in total. The van der Waals surface area contributed by atoms with Crippen molar-refractivity contribution in [1.29, 1.82) is 0 Å². The molecule has 17 heavy (non-hydrogen) atoms. The van der Waals surface area contributed by atoms with Crippen LogP contribution in [0.15, 0.2) is 11.6 Å². The number of rotatable bonds is 4. The molecule has 0 fully saturated rings. The van der Waals surface area contributed by atoms with E-state index in [1.54, 1.807) is 11.3 Å². The van der Waals surface area contributed by atoms with Crippen LogP contribution in [0.1, 0.15) is 36.3 Å². The highest BCUT2D eigenvalue weighted by molar-refractivity contribution is 7.09. The number of hydrogen-bond acceptors (Lipinski definition) is 4. The highest BCUT2D eigenvalue weighted by atomic mass is 32.1. The number of nitrogens with one attached hydrogen (secondary N) is 1. The van der Waals surface area contributed by atoms with E-state index < -0.39 is 0 Å². The molecule has 92 valence electrons. The van der Waals surface area contributed by atoms with E-state index >= 15 is 0 Å². The topological polar surface area (TPSA) is 42.7 Å². The Morgan fingerprint density at radius 2 is 2.06 bits per heavy atom. The molecule has 0 saturated heterocycles. The molecule has 2 rings (SSSR count). The van der Waals surface area contributed by atoms with E-state index in [0.29, 0.717) is 6.04 Å². The van der Waals surface area contributed by atoms with Crippen molar-refractivity contribution in [2.75, 3.05) is 5.32 Å². The third kappa shape index (κ3) is 2.85. The molecule has 2 aromatic heterocycles. The molecule has 0 bridgehead atoms. The maximum Gasteiger partial charge on any atom is 0.203 e. The van der Waals surface area contributed by atoms with E-state index in [4.69, 9.17) is 0 Å². The van der Waals surface area contributed by atoms with Gasteiger partial charge in [-0.3, -0.25) is 0 Å². The van der Waals surface area contributed by atoms with Crippen molar-refractivity contribution in [2.45, 2.75) is 40.3 Å². The van der Waals surface area contributed by atoms with Crippen LogP contribution >= 0.6 is 11.3 Å². The highest BCUT2D eigenvalue weighted by Gasteiger charge is 2.08. The Morgan fingerprint density at radius 3 is 2.65 bits per heavy atom. The zero-order valence-electron chi connectivity index (χ0n) is 10.7. The predicted molar refractivity (Wildman–Crippen MR) is 71.5 cm³/mol. The van der Waals surface area contributed by atoms with Gasteiger partial charge in [0.25, 0.3) is 0 Å². The molecule has 0 spiro atoms. The Hall–Kier alpha value is -1.36. The van der Waals surface area contributed by atoms with Gasteiger partial charge in [0.05, 0.1) is 12.2 Å². The van der Waals surface area contributed by atoms with Gasteiger partial charge in [-0.25, -0.2) is 9.97 Å². The first kappa shape index (κ1) is 12.1. The Balaban J connectivity index is 2.08. The molecule has 2 aromatic rings. The van der Waals surface area contributed by atoms with E-state index in [-0.39, 0.29) is 0 Å². The molecular weight excluding hydrogens is 232 g/mol. The van der Waals surface area contributed by atoms with Gasteiger partial charge in [0.1, 0.15) is 5.01 Å². The third-order valence-corrected chi connectivity index (χ3v) is 3.44. The summed E-state index contributed by atoms with van der Waals surface area (Å²) in [6.07, 6.45) is 2.07. The summed E-state index contributed by atoms with van der Waals surface area (Å²) in [6.45, 7) is 9.07. The number of aromatic nitrogens is 3. The van der Waals surface area contributed by atoms with E-state index in [2.05, 4.69) is 45.3 Å². The molecule has 5 heteroatoms. The van der Waals surface area contributed by atoms with Crippen LogP contribution in [0, 0.1) is 13.8 Å². The van der Waals surface area contributed by atoms with Gasteiger partial charge in [0.15, 0.2) is 0 Å². The fourth-order valence-electron chi connectivity index (χ4n) is 1.68. The molecule has 0 aliphatic carbocycles. The second-order valence-electron chi connectivity index (χ2n) is 4.44. The molecule has 0 amide bonds. The van der Waals surface area contributed by atoms with Crippen LogP contribution in [0.5, 0.6) is 0 Å². The SMILES string of the molecule is Cc1csc(CNc2nc(C)cn2C(C)C)n1. The van der Waals surface area contributed by atoms with Crippen LogP contribution in [0.25, 0.3) is 0 Å². The zero-order valence-corrected chi connectivity index (χ0v) is 11.5. The van der Waals surface area contributed by atoms with Gasteiger partial charge in [-0.1, -0.05) is 0 Å². The summed E-state index contributed by atoms with van der Waals surface area (Å²) in [4.78, 5) is 8.91. The van der Waals surface area contributed by atoms with E-state index in [1.807, 2.05) is 13.8 Å². The van der Waals surface area contributed by atoms with Crippen molar-refractivity contribution in [1.82, 2.24) is 14.5 Å². The van der Waals surface area contributed by atoms with Crippen molar-refractivity contribution in [2.24, 2.45) is 0 Å². The van der Waals surface area contributed by atoms with Crippen molar-refractivity contribution >= 4 is 17.3 Å². The molecule has 2 heterocycles. The second kappa shape index (κ2) is 4.87. The Morgan fingerprint density at radius 1 is 1.29 bits per heavy atom. The van der Waals surface area contributed by atoms with Crippen LogP contribution < -0.4 is 5.32 Å². The van der Waals surface area contributed by atoms with Crippen LogP contribution in [0.2, 0.25) is 0 Å². The molecule has 0 saturated carbocycles. The van der Waals surface area contributed by atoms with E-state index in [0.717, 1.165) is 28.9 Å². The Kier molecular flexibility index (Phi) is 3.47. The van der Waals surface area contributed by atoms with Crippen molar-refractivity contribution < 1.29 is 0 Å². The largest absolute Gasteiger partial charge is 0.349 e. The average Bonchev–Trinajstić information content (AvgIpc) is 2.82. The molecule has 0 unspecified atom stereocenters. The average molecular weight is 250 g/mol. The first-order chi connectivity index (χ1) is 8.06. The lowest BCUT2D eigenvalue weighted by Crippen LogP contribution is -2.08. The summed E-state index contributed by atoms with van der Waals surface area (Å²) in [5.41, 5.74) is 2.12. The van der Waals surface area contributed by atoms with Gasteiger partial charge in [0.2, 0.25) is 5.95 Å². The maximum absolute atomic E-state index is 4.48. The first-order valence-electron chi connectivity index (χ1n) is 5.76. The lowest BCUT2D eigenvalue weighted by molar-refractivity contribution is 0.604. The predicted octanol–water partition coefficient (Wildman–Crippen LogP) is 3.15. The van der Waals surface area contributed by atoms with Crippen LogP contribution in [0.3, 0.4) is 0 Å². The van der Waals surface area contributed by atoms with Crippen molar-refractivity contribution in [3.05, 3.63) is 28.0 Å². The Bertz CT molecular complexity index is 498. The number of hydrogen-bond donors (Lipinski definition) is 1. The van der Waals surface area contributed by atoms with Crippen molar-refractivity contribution in [3.8, 4) is 0 Å². The summed E-state index contributed by atoms with van der Waals surface area (Å²) in [7, 11) is 0.